The predicted octanol–water partition coefficient (Wildman–Crippen LogP) is 10.3. The fourth-order valence-electron chi connectivity index (χ4n) is 5.28. The van der Waals surface area contributed by atoms with Gasteiger partial charge in [0.1, 0.15) is 11.6 Å². The quantitative estimate of drug-likeness (QED) is 0.259. The minimum absolute atomic E-state index is 0.0944. The second-order valence-electron chi connectivity index (χ2n) is 9.94. The molecule has 1 saturated carbocycles. The summed E-state index contributed by atoms with van der Waals surface area (Å²) in [5.41, 5.74) is 0.520. The van der Waals surface area contributed by atoms with E-state index < -0.39 is 35.2 Å². The van der Waals surface area contributed by atoms with Gasteiger partial charge in [-0.2, -0.15) is 8.78 Å². The van der Waals surface area contributed by atoms with Crippen LogP contribution in [-0.4, -0.2) is 6.36 Å². The highest BCUT2D eigenvalue weighted by Crippen LogP contribution is 2.40. The number of halogens is 7. The van der Waals surface area contributed by atoms with Gasteiger partial charge in [0.2, 0.25) is 0 Å². The largest absolute Gasteiger partial charge is 0.527 e. The third-order valence-corrected chi connectivity index (χ3v) is 7.32. The molecule has 0 amide bonds. The second-order valence-corrected chi connectivity index (χ2v) is 9.94. The molecule has 0 aliphatic heterocycles. The van der Waals surface area contributed by atoms with E-state index in [1.165, 1.54) is 37.7 Å². The average molecular weight is 539 g/mol. The van der Waals surface area contributed by atoms with Crippen molar-refractivity contribution in [1.29, 1.82) is 0 Å². The van der Waals surface area contributed by atoms with Crippen molar-refractivity contribution in [2.24, 2.45) is 5.92 Å². The molecule has 0 saturated heterocycles. The molecule has 1 nitrogen and oxygen atoms in total. The van der Waals surface area contributed by atoms with Crippen LogP contribution in [0.4, 0.5) is 30.7 Å². The lowest BCUT2D eigenvalue weighted by molar-refractivity contribution is -0.431. The average Bonchev–Trinajstić information content (AvgIpc) is 2.86. The number of benzene rings is 3. The number of rotatable bonds is 8. The molecular formula is C30H29F7O. The summed E-state index contributed by atoms with van der Waals surface area (Å²) in [6, 6.07) is 13.1. The van der Waals surface area contributed by atoms with E-state index in [1.807, 2.05) is 24.3 Å². The Morgan fingerprint density at radius 1 is 0.737 bits per heavy atom. The molecule has 0 N–H and O–H groups in total. The summed E-state index contributed by atoms with van der Waals surface area (Å²) in [4.78, 5) is 0. The van der Waals surface area contributed by atoms with Gasteiger partial charge < -0.3 is 0 Å². The molecular weight excluding hydrogens is 509 g/mol. The van der Waals surface area contributed by atoms with Crippen LogP contribution in [0.3, 0.4) is 0 Å². The van der Waals surface area contributed by atoms with E-state index in [-0.39, 0.29) is 5.56 Å². The van der Waals surface area contributed by atoms with Gasteiger partial charge in [-0.1, -0.05) is 62.6 Å². The van der Waals surface area contributed by atoms with Gasteiger partial charge in [-0.25, -0.2) is 13.5 Å². The van der Waals surface area contributed by atoms with Crippen molar-refractivity contribution in [3.63, 3.8) is 0 Å². The van der Waals surface area contributed by atoms with Crippen molar-refractivity contribution in [3.8, 4) is 22.3 Å². The molecule has 0 heterocycles. The smallest absolute Gasteiger partial charge is 0.222 e. The molecule has 8 heteroatoms. The first-order valence-corrected chi connectivity index (χ1v) is 12.8. The number of hydrogen-bond donors (Lipinski definition) is 0. The summed E-state index contributed by atoms with van der Waals surface area (Å²) < 4.78 is 96.9. The van der Waals surface area contributed by atoms with Crippen molar-refractivity contribution < 1.29 is 35.5 Å². The van der Waals surface area contributed by atoms with Crippen LogP contribution in [-0.2, 0) is 10.8 Å². The normalized spacial score (nSPS) is 18.5. The Bertz CT molecular complexity index is 1190. The zero-order valence-corrected chi connectivity index (χ0v) is 20.9. The highest BCUT2D eigenvalue weighted by Gasteiger charge is 2.46. The van der Waals surface area contributed by atoms with Crippen LogP contribution in [0.2, 0.25) is 0 Å². The fourth-order valence-corrected chi connectivity index (χ4v) is 5.28. The Kier molecular flexibility index (Phi) is 8.50. The maximum absolute atomic E-state index is 15.0. The molecule has 3 aromatic rings. The Morgan fingerprint density at radius 3 is 1.82 bits per heavy atom. The highest BCUT2D eigenvalue weighted by atomic mass is 19.4. The first kappa shape index (κ1) is 28.1. The molecule has 1 fully saturated rings. The molecule has 1 aliphatic rings. The van der Waals surface area contributed by atoms with Crippen molar-refractivity contribution in [1.82, 2.24) is 0 Å². The summed E-state index contributed by atoms with van der Waals surface area (Å²) in [6.45, 7) is 2.21. The Labute approximate surface area is 217 Å². The zero-order valence-electron chi connectivity index (χ0n) is 20.9. The molecule has 38 heavy (non-hydrogen) atoms. The van der Waals surface area contributed by atoms with E-state index in [4.69, 9.17) is 0 Å². The van der Waals surface area contributed by atoms with E-state index in [0.717, 1.165) is 43.0 Å². The van der Waals surface area contributed by atoms with Crippen LogP contribution in [0, 0.1) is 17.6 Å². The van der Waals surface area contributed by atoms with Crippen molar-refractivity contribution in [2.75, 3.05) is 0 Å². The fraction of sp³-hybridized carbons (Fsp3) is 0.400. The molecule has 0 bridgehead atoms. The van der Waals surface area contributed by atoms with Crippen LogP contribution >= 0.6 is 0 Å². The maximum atomic E-state index is 15.0. The van der Waals surface area contributed by atoms with Crippen molar-refractivity contribution >= 4 is 0 Å². The number of unbranched alkanes of at least 4 members (excludes halogenated alkanes) is 1. The molecule has 0 atom stereocenters. The standard InChI is InChI=1S/C30H29F7O/c1-2-3-4-19-5-7-20(8-6-19)21-9-11-22(12-10-21)24-17-26(31)28(27(32)18-24)23-13-15-25(16-14-23)29(33,34)38-30(35,36)37/h9-20H,2-8H2,1H3. The molecule has 0 aromatic heterocycles. The monoisotopic (exact) mass is 538 g/mol. The van der Waals surface area contributed by atoms with Gasteiger partial charge in [0.25, 0.3) is 0 Å². The number of ether oxygens (including phenoxy) is 1. The summed E-state index contributed by atoms with van der Waals surface area (Å²) in [6.07, 6.45) is -1.70. The Morgan fingerprint density at radius 2 is 1.29 bits per heavy atom. The summed E-state index contributed by atoms with van der Waals surface area (Å²) >= 11 is 0. The van der Waals surface area contributed by atoms with E-state index in [1.54, 1.807) is 0 Å². The third kappa shape index (κ3) is 6.76. The molecule has 0 spiro atoms. The van der Waals surface area contributed by atoms with Gasteiger partial charge in [0, 0.05) is 0 Å². The van der Waals surface area contributed by atoms with Gasteiger partial charge in [0.15, 0.2) is 0 Å². The van der Waals surface area contributed by atoms with E-state index in [0.29, 0.717) is 29.2 Å². The SMILES string of the molecule is CCCCC1CCC(c2ccc(-c3cc(F)c(-c4ccc(C(F)(F)OC(F)(F)F)cc4)c(F)c3)cc2)CC1. The van der Waals surface area contributed by atoms with Gasteiger partial charge in [0.05, 0.1) is 11.1 Å². The van der Waals surface area contributed by atoms with Crippen molar-refractivity contribution in [3.05, 3.63) is 83.4 Å². The molecule has 3 aromatic carbocycles. The van der Waals surface area contributed by atoms with E-state index in [2.05, 4.69) is 11.7 Å². The molecule has 4 rings (SSSR count). The summed E-state index contributed by atoms with van der Waals surface area (Å²) in [5.74, 6) is -0.549. The Hall–Kier alpha value is -2.87. The molecule has 204 valence electrons. The van der Waals surface area contributed by atoms with Gasteiger partial charge in [-0.05, 0) is 84.0 Å². The van der Waals surface area contributed by atoms with Crippen LogP contribution < -0.4 is 0 Å². The van der Waals surface area contributed by atoms with Crippen LogP contribution in [0.1, 0.15) is 68.9 Å². The number of hydrogen-bond acceptors (Lipinski definition) is 1. The van der Waals surface area contributed by atoms with Gasteiger partial charge >= 0.3 is 12.5 Å². The third-order valence-electron chi connectivity index (χ3n) is 7.32. The van der Waals surface area contributed by atoms with E-state index in [9.17, 15) is 30.7 Å². The maximum Gasteiger partial charge on any atom is 0.527 e. The predicted molar refractivity (Wildman–Crippen MR) is 132 cm³/mol. The lowest BCUT2D eigenvalue weighted by atomic mass is 9.77. The minimum atomic E-state index is -5.55. The Balaban J connectivity index is 1.48. The minimum Gasteiger partial charge on any atom is -0.222 e. The topological polar surface area (TPSA) is 9.23 Å². The first-order valence-electron chi connectivity index (χ1n) is 12.8. The second kappa shape index (κ2) is 11.5. The van der Waals surface area contributed by atoms with Crippen LogP contribution in [0.25, 0.3) is 22.3 Å². The lowest BCUT2D eigenvalue weighted by Gasteiger charge is -2.29. The summed E-state index contributed by atoms with van der Waals surface area (Å²) in [7, 11) is 0. The van der Waals surface area contributed by atoms with E-state index >= 15 is 0 Å². The summed E-state index contributed by atoms with van der Waals surface area (Å²) in [5, 5.41) is 0. The van der Waals surface area contributed by atoms with Gasteiger partial charge in [-0.15, -0.1) is 13.2 Å². The molecule has 1 aliphatic carbocycles. The lowest BCUT2D eigenvalue weighted by Crippen LogP contribution is -2.27. The van der Waals surface area contributed by atoms with Crippen LogP contribution in [0.5, 0.6) is 0 Å². The zero-order chi connectivity index (χ0) is 27.5. The molecule has 0 unspecified atom stereocenters. The first-order chi connectivity index (χ1) is 18.0. The highest BCUT2D eigenvalue weighted by molar-refractivity contribution is 5.72. The van der Waals surface area contributed by atoms with Crippen LogP contribution in [0.15, 0.2) is 60.7 Å². The molecule has 0 radical (unpaired) electrons. The van der Waals surface area contributed by atoms with Gasteiger partial charge in [-0.3, -0.25) is 0 Å². The van der Waals surface area contributed by atoms with Crippen molar-refractivity contribution in [2.45, 2.75) is 70.3 Å². The number of alkyl halides is 5.